The summed E-state index contributed by atoms with van der Waals surface area (Å²) in [6, 6.07) is 8.35. The summed E-state index contributed by atoms with van der Waals surface area (Å²) in [6.45, 7) is 3.81. The lowest BCUT2D eigenvalue weighted by atomic mass is 9.87. The van der Waals surface area contributed by atoms with Crippen LogP contribution in [0.2, 0.25) is 0 Å². The van der Waals surface area contributed by atoms with E-state index < -0.39 is 6.10 Å². The van der Waals surface area contributed by atoms with Crippen LogP contribution in [0, 0.1) is 5.92 Å². The van der Waals surface area contributed by atoms with Crippen molar-refractivity contribution >= 4 is 0 Å². The van der Waals surface area contributed by atoms with E-state index in [-0.39, 0.29) is 0 Å². The number of ether oxygens (including phenoxy) is 2. The van der Waals surface area contributed by atoms with Crippen LogP contribution in [-0.2, 0) is 11.3 Å². The molecule has 1 fully saturated rings. The second kappa shape index (κ2) is 9.13. The van der Waals surface area contributed by atoms with Crippen LogP contribution in [0.5, 0.6) is 5.75 Å². The van der Waals surface area contributed by atoms with E-state index in [0.29, 0.717) is 25.8 Å². The standard InChI is InChI=1S/C18H29NO3/c1-14-3-7-16(8-4-14)19-11-17(20)13-22-12-15-5-9-18(21-2)10-6-15/h5-6,9-10,14,16-17,19-20H,3-4,7-8,11-13H2,1-2H3. The SMILES string of the molecule is COc1ccc(COCC(O)CNC2CCC(C)CC2)cc1. The third-order valence-electron chi connectivity index (χ3n) is 4.40. The van der Waals surface area contributed by atoms with Gasteiger partial charge in [-0.1, -0.05) is 19.1 Å². The zero-order valence-corrected chi connectivity index (χ0v) is 13.8. The minimum Gasteiger partial charge on any atom is -0.497 e. The highest BCUT2D eigenvalue weighted by Crippen LogP contribution is 2.23. The number of methoxy groups -OCH3 is 1. The zero-order valence-electron chi connectivity index (χ0n) is 13.8. The van der Waals surface area contributed by atoms with Crippen LogP contribution >= 0.6 is 0 Å². The molecule has 1 aromatic rings. The summed E-state index contributed by atoms with van der Waals surface area (Å²) in [5.41, 5.74) is 1.09. The smallest absolute Gasteiger partial charge is 0.118 e. The molecule has 124 valence electrons. The fourth-order valence-corrected chi connectivity index (χ4v) is 2.86. The highest BCUT2D eigenvalue weighted by molar-refractivity contribution is 5.26. The lowest BCUT2D eigenvalue weighted by Gasteiger charge is -2.27. The Morgan fingerprint density at radius 2 is 1.86 bits per heavy atom. The van der Waals surface area contributed by atoms with Gasteiger partial charge in [-0.05, 0) is 49.3 Å². The van der Waals surface area contributed by atoms with Crippen molar-refractivity contribution in [1.82, 2.24) is 5.32 Å². The highest BCUT2D eigenvalue weighted by atomic mass is 16.5. The predicted octanol–water partition coefficient (Wildman–Crippen LogP) is 2.74. The van der Waals surface area contributed by atoms with E-state index >= 15 is 0 Å². The van der Waals surface area contributed by atoms with Gasteiger partial charge in [0.05, 0.1) is 26.4 Å². The van der Waals surface area contributed by atoms with Gasteiger partial charge in [0.2, 0.25) is 0 Å². The van der Waals surface area contributed by atoms with Crippen molar-refractivity contribution in [2.45, 2.75) is 51.4 Å². The molecular weight excluding hydrogens is 278 g/mol. The molecule has 0 heterocycles. The Hall–Kier alpha value is -1.10. The molecule has 1 unspecified atom stereocenters. The third kappa shape index (κ3) is 5.95. The minimum absolute atomic E-state index is 0.363. The first-order valence-corrected chi connectivity index (χ1v) is 8.29. The van der Waals surface area contributed by atoms with Gasteiger partial charge < -0.3 is 19.9 Å². The molecule has 1 saturated carbocycles. The van der Waals surface area contributed by atoms with E-state index in [1.165, 1.54) is 25.7 Å². The monoisotopic (exact) mass is 307 g/mol. The average molecular weight is 307 g/mol. The zero-order chi connectivity index (χ0) is 15.8. The van der Waals surface area contributed by atoms with Crippen molar-refractivity contribution < 1.29 is 14.6 Å². The van der Waals surface area contributed by atoms with Gasteiger partial charge in [0.15, 0.2) is 0 Å². The van der Waals surface area contributed by atoms with Gasteiger partial charge in [-0.25, -0.2) is 0 Å². The molecule has 22 heavy (non-hydrogen) atoms. The number of aliphatic hydroxyl groups excluding tert-OH is 1. The second-order valence-electron chi connectivity index (χ2n) is 6.38. The molecule has 0 aliphatic heterocycles. The molecule has 1 aliphatic carbocycles. The molecule has 2 N–H and O–H groups in total. The molecule has 1 atom stereocenters. The Morgan fingerprint density at radius 1 is 1.18 bits per heavy atom. The quantitative estimate of drug-likeness (QED) is 0.775. The van der Waals surface area contributed by atoms with Crippen LogP contribution in [0.15, 0.2) is 24.3 Å². The molecule has 0 saturated heterocycles. The Bertz CT molecular complexity index is 413. The summed E-state index contributed by atoms with van der Waals surface area (Å²) < 4.78 is 10.7. The van der Waals surface area contributed by atoms with E-state index in [1.54, 1.807) is 7.11 Å². The summed E-state index contributed by atoms with van der Waals surface area (Å²) >= 11 is 0. The molecule has 0 radical (unpaired) electrons. The van der Waals surface area contributed by atoms with Crippen molar-refractivity contribution in [3.05, 3.63) is 29.8 Å². The molecule has 0 aromatic heterocycles. The predicted molar refractivity (Wildman–Crippen MR) is 88.1 cm³/mol. The largest absolute Gasteiger partial charge is 0.497 e. The Balaban J connectivity index is 1.58. The number of benzene rings is 1. The van der Waals surface area contributed by atoms with E-state index in [9.17, 15) is 5.11 Å². The topological polar surface area (TPSA) is 50.7 Å². The van der Waals surface area contributed by atoms with Crippen molar-refractivity contribution in [2.24, 2.45) is 5.92 Å². The number of hydrogen-bond donors (Lipinski definition) is 2. The van der Waals surface area contributed by atoms with Gasteiger partial charge >= 0.3 is 0 Å². The normalized spacial score (nSPS) is 23.2. The maximum Gasteiger partial charge on any atom is 0.118 e. The fourth-order valence-electron chi connectivity index (χ4n) is 2.86. The number of nitrogens with one attached hydrogen (secondary N) is 1. The first-order valence-electron chi connectivity index (χ1n) is 8.29. The van der Waals surface area contributed by atoms with E-state index in [0.717, 1.165) is 17.2 Å². The lowest BCUT2D eigenvalue weighted by Crippen LogP contribution is -2.39. The van der Waals surface area contributed by atoms with Gasteiger partial charge in [0, 0.05) is 12.6 Å². The fraction of sp³-hybridized carbons (Fsp3) is 0.667. The molecule has 0 spiro atoms. The van der Waals surface area contributed by atoms with Crippen LogP contribution in [0.3, 0.4) is 0 Å². The molecule has 2 rings (SSSR count). The van der Waals surface area contributed by atoms with Crippen LogP contribution in [0.25, 0.3) is 0 Å². The Morgan fingerprint density at radius 3 is 2.50 bits per heavy atom. The summed E-state index contributed by atoms with van der Waals surface area (Å²) in [6.07, 6.45) is 4.59. The number of hydrogen-bond acceptors (Lipinski definition) is 4. The maximum absolute atomic E-state index is 9.98. The summed E-state index contributed by atoms with van der Waals surface area (Å²) in [5.74, 6) is 1.70. The third-order valence-corrected chi connectivity index (χ3v) is 4.40. The van der Waals surface area contributed by atoms with E-state index in [2.05, 4.69) is 12.2 Å². The molecule has 1 aromatic carbocycles. The van der Waals surface area contributed by atoms with Crippen LogP contribution in [-0.4, -0.2) is 37.5 Å². The number of rotatable bonds is 8. The van der Waals surface area contributed by atoms with E-state index in [1.807, 2.05) is 24.3 Å². The minimum atomic E-state index is -0.447. The molecule has 0 amide bonds. The van der Waals surface area contributed by atoms with Crippen molar-refractivity contribution in [1.29, 1.82) is 0 Å². The first-order chi connectivity index (χ1) is 10.7. The summed E-state index contributed by atoms with van der Waals surface area (Å²) in [7, 11) is 1.65. The van der Waals surface area contributed by atoms with Crippen molar-refractivity contribution in [3.8, 4) is 5.75 Å². The van der Waals surface area contributed by atoms with Crippen molar-refractivity contribution in [3.63, 3.8) is 0 Å². The molecule has 0 bridgehead atoms. The lowest BCUT2D eigenvalue weighted by molar-refractivity contribution is 0.0268. The summed E-state index contributed by atoms with van der Waals surface area (Å²) in [5, 5.41) is 13.4. The van der Waals surface area contributed by atoms with Gasteiger partial charge in [-0.2, -0.15) is 0 Å². The first kappa shape index (κ1) is 17.3. The maximum atomic E-state index is 9.98. The van der Waals surface area contributed by atoms with Gasteiger partial charge in [-0.3, -0.25) is 0 Å². The summed E-state index contributed by atoms with van der Waals surface area (Å²) in [4.78, 5) is 0. The highest BCUT2D eigenvalue weighted by Gasteiger charge is 2.18. The number of aliphatic hydroxyl groups is 1. The molecule has 1 aliphatic rings. The average Bonchev–Trinajstić information content (AvgIpc) is 2.55. The molecule has 4 heteroatoms. The second-order valence-corrected chi connectivity index (χ2v) is 6.38. The van der Waals surface area contributed by atoms with Crippen LogP contribution in [0.4, 0.5) is 0 Å². The van der Waals surface area contributed by atoms with Gasteiger partial charge in [-0.15, -0.1) is 0 Å². The molecular formula is C18H29NO3. The van der Waals surface area contributed by atoms with Gasteiger partial charge in [0.1, 0.15) is 5.75 Å². The van der Waals surface area contributed by atoms with E-state index in [4.69, 9.17) is 9.47 Å². The Kier molecular flexibility index (Phi) is 7.16. The van der Waals surface area contributed by atoms with Crippen molar-refractivity contribution in [2.75, 3.05) is 20.3 Å². The molecule has 4 nitrogen and oxygen atoms in total. The van der Waals surface area contributed by atoms with Crippen LogP contribution < -0.4 is 10.1 Å². The van der Waals surface area contributed by atoms with Gasteiger partial charge in [0.25, 0.3) is 0 Å². The van der Waals surface area contributed by atoms with Crippen LogP contribution in [0.1, 0.15) is 38.2 Å². The Labute approximate surface area is 133 Å².